The summed E-state index contributed by atoms with van der Waals surface area (Å²) in [6.07, 6.45) is 1.92. The van der Waals surface area contributed by atoms with Crippen LogP contribution in [0.2, 0.25) is 0 Å². The number of fused-ring (bicyclic) bond motifs is 1. The Hall–Kier alpha value is -2.86. The smallest absolute Gasteiger partial charge is 0.253 e. The van der Waals surface area contributed by atoms with Crippen LogP contribution in [-0.4, -0.2) is 59.7 Å². The standard InChI is InChI=1S/C22H26N4O2/c1-25(2)18-8-5-16(6-9-18)21-23-19-10-7-17(12-20(19)24-21)22(28)26-11-3-4-15(13-26)14-27/h5-10,12,15,27H,3-4,11,13-14H2,1-2H3,(H,23,24). The minimum atomic E-state index is 0.0199. The number of imidazole rings is 1. The molecular weight excluding hydrogens is 352 g/mol. The Labute approximate surface area is 164 Å². The number of rotatable bonds is 4. The van der Waals surface area contributed by atoms with Crippen LogP contribution in [0.25, 0.3) is 22.4 Å². The number of hydrogen-bond acceptors (Lipinski definition) is 4. The molecule has 1 unspecified atom stereocenters. The second-order valence-electron chi connectivity index (χ2n) is 7.70. The molecule has 1 atom stereocenters. The number of carbonyl (C=O) groups is 1. The van der Waals surface area contributed by atoms with Crippen molar-refractivity contribution in [2.24, 2.45) is 5.92 Å². The Kier molecular flexibility index (Phi) is 5.05. The van der Waals surface area contributed by atoms with Gasteiger partial charge in [-0.15, -0.1) is 0 Å². The number of H-pyrrole nitrogens is 1. The van der Waals surface area contributed by atoms with E-state index in [2.05, 4.69) is 27.0 Å². The number of aliphatic hydroxyl groups is 1. The molecule has 2 heterocycles. The van der Waals surface area contributed by atoms with Crippen molar-refractivity contribution in [3.05, 3.63) is 48.0 Å². The van der Waals surface area contributed by atoms with Crippen molar-refractivity contribution < 1.29 is 9.90 Å². The molecule has 1 aliphatic rings. The van der Waals surface area contributed by atoms with Crippen LogP contribution >= 0.6 is 0 Å². The molecular formula is C22H26N4O2. The SMILES string of the molecule is CN(C)c1ccc(-c2nc3ccc(C(=O)N4CCCC(CO)C4)cc3[nH]2)cc1. The fourth-order valence-corrected chi connectivity index (χ4v) is 3.78. The van der Waals surface area contributed by atoms with Gasteiger partial charge in [-0.2, -0.15) is 0 Å². The van der Waals surface area contributed by atoms with Crippen LogP contribution < -0.4 is 4.90 Å². The maximum atomic E-state index is 12.9. The van der Waals surface area contributed by atoms with Gasteiger partial charge in [0.15, 0.2) is 0 Å². The average Bonchev–Trinajstić information content (AvgIpc) is 3.16. The van der Waals surface area contributed by atoms with E-state index in [1.54, 1.807) is 0 Å². The summed E-state index contributed by atoms with van der Waals surface area (Å²) in [5.74, 6) is 1.00. The lowest BCUT2D eigenvalue weighted by Crippen LogP contribution is -2.40. The highest BCUT2D eigenvalue weighted by Gasteiger charge is 2.24. The molecule has 1 aliphatic heterocycles. The second-order valence-corrected chi connectivity index (χ2v) is 7.70. The van der Waals surface area contributed by atoms with Crippen LogP contribution in [0.3, 0.4) is 0 Å². The fourth-order valence-electron chi connectivity index (χ4n) is 3.78. The number of anilines is 1. The second kappa shape index (κ2) is 7.64. The Morgan fingerprint density at radius 3 is 2.75 bits per heavy atom. The number of aromatic amines is 1. The van der Waals surface area contributed by atoms with Gasteiger partial charge < -0.3 is 19.9 Å². The lowest BCUT2D eigenvalue weighted by Gasteiger charge is -2.31. The van der Waals surface area contributed by atoms with Crippen molar-refractivity contribution >= 4 is 22.6 Å². The molecule has 28 heavy (non-hydrogen) atoms. The third-order valence-electron chi connectivity index (χ3n) is 5.45. The van der Waals surface area contributed by atoms with Crippen molar-refractivity contribution in [3.8, 4) is 11.4 Å². The van der Waals surface area contributed by atoms with E-state index >= 15 is 0 Å². The number of piperidine rings is 1. The lowest BCUT2D eigenvalue weighted by molar-refractivity contribution is 0.0621. The van der Waals surface area contributed by atoms with Gasteiger partial charge in [0.05, 0.1) is 11.0 Å². The molecule has 3 aromatic rings. The van der Waals surface area contributed by atoms with E-state index < -0.39 is 0 Å². The third kappa shape index (κ3) is 3.60. The molecule has 0 saturated carbocycles. The first-order valence-electron chi connectivity index (χ1n) is 9.73. The van der Waals surface area contributed by atoms with Gasteiger partial charge in [-0.05, 0) is 61.2 Å². The molecule has 6 nitrogen and oxygen atoms in total. The van der Waals surface area contributed by atoms with E-state index in [9.17, 15) is 9.90 Å². The quantitative estimate of drug-likeness (QED) is 0.732. The summed E-state index contributed by atoms with van der Waals surface area (Å²) in [6.45, 7) is 1.51. The number of carbonyl (C=O) groups excluding carboxylic acids is 1. The zero-order valence-corrected chi connectivity index (χ0v) is 16.4. The molecule has 1 amide bonds. The summed E-state index contributed by atoms with van der Waals surface area (Å²) in [6, 6.07) is 13.8. The molecule has 146 valence electrons. The number of likely N-dealkylation sites (tertiary alicyclic amines) is 1. The van der Waals surface area contributed by atoms with E-state index in [0.29, 0.717) is 12.1 Å². The minimum absolute atomic E-state index is 0.0199. The number of hydrogen-bond donors (Lipinski definition) is 2. The van der Waals surface area contributed by atoms with E-state index in [1.807, 2.05) is 49.3 Å². The van der Waals surface area contributed by atoms with Gasteiger partial charge in [-0.25, -0.2) is 4.98 Å². The predicted molar refractivity (Wildman–Crippen MR) is 112 cm³/mol. The number of benzene rings is 2. The number of aliphatic hydroxyl groups excluding tert-OH is 1. The fraction of sp³-hybridized carbons (Fsp3) is 0.364. The van der Waals surface area contributed by atoms with Crippen LogP contribution in [0, 0.1) is 5.92 Å². The van der Waals surface area contributed by atoms with Gasteiger partial charge >= 0.3 is 0 Å². The summed E-state index contributed by atoms with van der Waals surface area (Å²) in [7, 11) is 4.03. The number of nitrogens with one attached hydrogen (secondary N) is 1. The summed E-state index contributed by atoms with van der Waals surface area (Å²) in [5, 5.41) is 9.41. The van der Waals surface area contributed by atoms with Gasteiger partial charge in [0.1, 0.15) is 5.82 Å². The lowest BCUT2D eigenvalue weighted by atomic mass is 9.98. The molecule has 2 aromatic carbocycles. The average molecular weight is 378 g/mol. The first kappa shape index (κ1) is 18.5. The van der Waals surface area contributed by atoms with Crippen molar-refractivity contribution in [1.29, 1.82) is 0 Å². The monoisotopic (exact) mass is 378 g/mol. The highest BCUT2D eigenvalue weighted by molar-refractivity contribution is 5.97. The maximum Gasteiger partial charge on any atom is 0.253 e. The van der Waals surface area contributed by atoms with Crippen LogP contribution in [0.5, 0.6) is 0 Å². The Morgan fingerprint density at radius 1 is 1.25 bits per heavy atom. The molecule has 0 bridgehead atoms. The highest BCUT2D eigenvalue weighted by Crippen LogP contribution is 2.25. The van der Waals surface area contributed by atoms with E-state index in [1.165, 1.54) is 0 Å². The largest absolute Gasteiger partial charge is 0.396 e. The van der Waals surface area contributed by atoms with Crippen molar-refractivity contribution in [1.82, 2.24) is 14.9 Å². The minimum Gasteiger partial charge on any atom is -0.396 e. The molecule has 2 N–H and O–H groups in total. The summed E-state index contributed by atoms with van der Waals surface area (Å²) in [4.78, 5) is 24.8. The normalized spacial score (nSPS) is 17.1. The molecule has 1 saturated heterocycles. The van der Waals surface area contributed by atoms with Gasteiger partial charge in [-0.1, -0.05) is 0 Å². The summed E-state index contributed by atoms with van der Waals surface area (Å²) >= 11 is 0. The van der Waals surface area contributed by atoms with Crippen LogP contribution in [0.15, 0.2) is 42.5 Å². The molecule has 0 radical (unpaired) electrons. The zero-order chi connectivity index (χ0) is 19.7. The molecule has 6 heteroatoms. The van der Waals surface area contributed by atoms with Gasteiger partial charge in [0.25, 0.3) is 5.91 Å². The Bertz CT molecular complexity index is 978. The molecule has 1 aromatic heterocycles. The predicted octanol–water partition coefficient (Wildman–Crippen LogP) is 3.14. The number of nitrogens with zero attached hydrogens (tertiary/aromatic N) is 3. The van der Waals surface area contributed by atoms with E-state index in [0.717, 1.165) is 47.5 Å². The molecule has 0 aliphatic carbocycles. The Morgan fingerprint density at radius 2 is 2.04 bits per heavy atom. The van der Waals surface area contributed by atoms with E-state index in [4.69, 9.17) is 0 Å². The zero-order valence-electron chi connectivity index (χ0n) is 16.4. The van der Waals surface area contributed by atoms with Crippen LogP contribution in [0.4, 0.5) is 5.69 Å². The number of aromatic nitrogens is 2. The summed E-state index contributed by atoms with van der Waals surface area (Å²) < 4.78 is 0. The van der Waals surface area contributed by atoms with Gasteiger partial charge in [0, 0.05) is 50.6 Å². The first-order chi connectivity index (χ1) is 13.5. The first-order valence-corrected chi connectivity index (χ1v) is 9.73. The third-order valence-corrected chi connectivity index (χ3v) is 5.45. The highest BCUT2D eigenvalue weighted by atomic mass is 16.3. The van der Waals surface area contributed by atoms with Crippen LogP contribution in [0.1, 0.15) is 23.2 Å². The van der Waals surface area contributed by atoms with Gasteiger partial charge in [-0.3, -0.25) is 4.79 Å². The van der Waals surface area contributed by atoms with Crippen molar-refractivity contribution in [2.75, 3.05) is 38.7 Å². The number of amides is 1. The van der Waals surface area contributed by atoms with E-state index in [-0.39, 0.29) is 18.4 Å². The van der Waals surface area contributed by atoms with Crippen LogP contribution in [-0.2, 0) is 0 Å². The summed E-state index contributed by atoms with van der Waals surface area (Å²) in [5.41, 5.74) is 4.50. The van der Waals surface area contributed by atoms with Gasteiger partial charge in [0.2, 0.25) is 0 Å². The Balaban J connectivity index is 1.58. The van der Waals surface area contributed by atoms with Crippen molar-refractivity contribution in [3.63, 3.8) is 0 Å². The maximum absolute atomic E-state index is 12.9. The topological polar surface area (TPSA) is 72.5 Å². The molecule has 0 spiro atoms. The molecule has 4 rings (SSSR count). The van der Waals surface area contributed by atoms with Crippen molar-refractivity contribution in [2.45, 2.75) is 12.8 Å². The molecule has 1 fully saturated rings.